The third-order valence-corrected chi connectivity index (χ3v) is 9.74. The Bertz CT molecular complexity index is 1110. The molecule has 0 aliphatic heterocycles. The maximum absolute atomic E-state index is 12.8. The molecule has 0 fully saturated rings. The summed E-state index contributed by atoms with van der Waals surface area (Å²) in [5, 5.41) is 12.0. The second kappa shape index (κ2) is 42.9. The van der Waals surface area contributed by atoms with Crippen LogP contribution in [0, 0.1) is 0 Å². The molecule has 4 N–H and O–H groups in total. The van der Waals surface area contributed by atoms with E-state index in [2.05, 4.69) is 86.0 Å². The summed E-state index contributed by atoms with van der Waals surface area (Å²) in [6.45, 7) is 4.79. The molecule has 2 unspecified atom stereocenters. The molecule has 0 heterocycles. The van der Waals surface area contributed by atoms with Gasteiger partial charge in [-0.25, -0.2) is 4.79 Å². The van der Waals surface area contributed by atoms with E-state index in [1.807, 2.05) is 6.08 Å². The van der Waals surface area contributed by atoms with E-state index in [-0.39, 0.29) is 24.4 Å². The van der Waals surface area contributed by atoms with Gasteiger partial charge in [0.05, 0.1) is 0 Å². The molecule has 0 aromatic carbocycles. The maximum Gasteiger partial charge on any atom is 0.326 e. The topological polar surface area (TPSA) is 119 Å². The number of carbonyl (C=O) groups is 3. The highest BCUT2D eigenvalue weighted by Gasteiger charge is 2.19. The number of rotatable bonds is 40. The van der Waals surface area contributed by atoms with Gasteiger partial charge in [0.25, 0.3) is 0 Å². The molecule has 0 aromatic rings. The van der Waals surface area contributed by atoms with Crippen LogP contribution in [-0.2, 0) is 19.1 Å². The summed E-state index contributed by atoms with van der Waals surface area (Å²) < 4.78 is 5.90. The van der Waals surface area contributed by atoms with Crippen LogP contribution in [-0.4, -0.2) is 41.6 Å². The lowest BCUT2D eigenvalue weighted by atomic mass is 10.1. The molecule has 7 nitrogen and oxygen atoms in total. The number of amides is 1. The molecule has 2 atom stereocenters. The lowest BCUT2D eigenvalue weighted by Crippen LogP contribution is -2.40. The van der Waals surface area contributed by atoms with E-state index in [9.17, 15) is 19.5 Å². The zero-order valence-corrected chi connectivity index (χ0v) is 36.0. The Morgan fingerprint density at radius 2 is 1.04 bits per heavy atom. The molecule has 56 heavy (non-hydrogen) atoms. The van der Waals surface area contributed by atoms with Crippen LogP contribution < -0.4 is 11.1 Å². The first kappa shape index (κ1) is 52.8. The van der Waals surface area contributed by atoms with Crippen LogP contribution in [0.15, 0.2) is 72.9 Å². The number of carboxylic acids is 1. The molecular formula is C49H84N2O5. The van der Waals surface area contributed by atoms with E-state index in [0.717, 1.165) is 64.2 Å². The number of esters is 1. The van der Waals surface area contributed by atoms with Crippen molar-refractivity contribution >= 4 is 17.8 Å². The van der Waals surface area contributed by atoms with Crippen molar-refractivity contribution < 1.29 is 24.2 Å². The lowest BCUT2D eigenvalue weighted by Gasteiger charge is -2.15. The van der Waals surface area contributed by atoms with E-state index < -0.39 is 12.0 Å². The third kappa shape index (κ3) is 39.1. The van der Waals surface area contributed by atoms with Crippen molar-refractivity contribution in [3.8, 4) is 0 Å². The highest BCUT2D eigenvalue weighted by molar-refractivity contribution is 5.83. The molecule has 0 rings (SSSR count). The van der Waals surface area contributed by atoms with Crippen molar-refractivity contribution in [1.82, 2.24) is 5.32 Å². The minimum atomic E-state index is -1.03. The molecule has 1 amide bonds. The fourth-order valence-electron chi connectivity index (χ4n) is 6.33. The first-order valence-corrected chi connectivity index (χ1v) is 22.8. The lowest BCUT2D eigenvalue weighted by molar-refractivity contribution is -0.147. The molecule has 0 saturated heterocycles. The smallest absolute Gasteiger partial charge is 0.326 e. The fourth-order valence-corrected chi connectivity index (χ4v) is 6.33. The standard InChI is InChI=1S/C49H84N2O5/c1-3-5-7-9-11-13-15-16-17-18-19-20-21-22-23-24-26-28-30-32-37-43-48(53)56-45(39-34-31-29-27-25-14-12-10-8-6-4-2)40-35-33-36-42-47(52)51-46(49(54)55)41-38-44-50/h6,8,12,14-16,18-19,27,29,34,39,45-46H,3-5,7,9-11,13,17,20-26,28,30-33,35-38,40-44,50H2,1-2H3,(H,51,52)(H,54,55)/b8-6-,14-12-,16-15-,19-18-,29-27-,39-34-. The summed E-state index contributed by atoms with van der Waals surface area (Å²) in [6.07, 6.45) is 55.4. The summed E-state index contributed by atoms with van der Waals surface area (Å²) in [5.41, 5.74) is 5.49. The monoisotopic (exact) mass is 781 g/mol. The fraction of sp³-hybridized carbons (Fsp3) is 0.694. The average molecular weight is 781 g/mol. The summed E-state index contributed by atoms with van der Waals surface area (Å²) in [4.78, 5) is 36.5. The largest absolute Gasteiger partial charge is 0.480 e. The Hall–Kier alpha value is -3.19. The first-order valence-electron chi connectivity index (χ1n) is 22.8. The highest BCUT2D eigenvalue weighted by atomic mass is 16.5. The number of nitrogens with one attached hydrogen (secondary N) is 1. The number of ether oxygens (including phenoxy) is 1. The van der Waals surface area contributed by atoms with Crippen molar-refractivity contribution in [2.75, 3.05) is 6.54 Å². The second-order valence-electron chi connectivity index (χ2n) is 15.1. The number of hydrogen-bond acceptors (Lipinski definition) is 5. The summed E-state index contributed by atoms with van der Waals surface area (Å²) in [5.74, 6) is -1.43. The van der Waals surface area contributed by atoms with Gasteiger partial charge in [0, 0.05) is 12.8 Å². The SMILES string of the molecule is CC/C=C\C/C=C\C/C=C\C/C=C\C(CCCCCC(=O)NC(CCCN)C(=O)O)OC(=O)CCCCCCCCCCC/C=C\C/C=C\CCCCCCC. The van der Waals surface area contributed by atoms with E-state index in [1.165, 1.54) is 83.5 Å². The van der Waals surface area contributed by atoms with Gasteiger partial charge < -0.3 is 20.9 Å². The van der Waals surface area contributed by atoms with Crippen LogP contribution in [0.2, 0.25) is 0 Å². The van der Waals surface area contributed by atoms with Crippen molar-refractivity contribution in [3.05, 3.63) is 72.9 Å². The van der Waals surface area contributed by atoms with E-state index >= 15 is 0 Å². The van der Waals surface area contributed by atoms with E-state index in [4.69, 9.17) is 10.5 Å². The molecule has 0 aliphatic rings. The van der Waals surface area contributed by atoms with Gasteiger partial charge in [-0.3, -0.25) is 9.59 Å². The van der Waals surface area contributed by atoms with E-state index in [0.29, 0.717) is 38.6 Å². The van der Waals surface area contributed by atoms with Gasteiger partial charge in [-0.1, -0.05) is 158 Å². The summed E-state index contributed by atoms with van der Waals surface area (Å²) in [6, 6.07) is -0.895. The van der Waals surface area contributed by atoms with Gasteiger partial charge in [0.1, 0.15) is 12.1 Å². The number of carboxylic acid groups (broad SMARTS) is 1. The number of unbranched alkanes of at least 4 members (excludes halogenated alkanes) is 16. The Morgan fingerprint density at radius 3 is 1.59 bits per heavy atom. The number of allylic oxidation sites excluding steroid dienone is 11. The van der Waals surface area contributed by atoms with Gasteiger partial charge in [0.2, 0.25) is 5.91 Å². The van der Waals surface area contributed by atoms with E-state index in [1.54, 1.807) is 0 Å². The van der Waals surface area contributed by atoms with Gasteiger partial charge in [-0.15, -0.1) is 0 Å². The van der Waals surface area contributed by atoms with Gasteiger partial charge >= 0.3 is 11.9 Å². The average Bonchev–Trinajstić information content (AvgIpc) is 3.18. The maximum atomic E-state index is 12.8. The van der Waals surface area contributed by atoms with Gasteiger partial charge in [-0.2, -0.15) is 0 Å². The first-order chi connectivity index (χ1) is 27.4. The number of nitrogens with two attached hydrogens (primary N) is 1. The number of aliphatic carboxylic acids is 1. The van der Waals surface area contributed by atoms with Gasteiger partial charge in [-0.05, 0) is 109 Å². The molecule has 0 aromatic heterocycles. The van der Waals surface area contributed by atoms with Crippen LogP contribution in [0.4, 0.5) is 0 Å². The molecule has 0 spiro atoms. The van der Waals surface area contributed by atoms with Crippen molar-refractivity contribution in [3.63, 3.8) is 0 Å². The minimum absolute atomic E-state index is 0.142. The molecule has 7 heteroatoms. The second-order valence-corrected chi connectivity index (χ2v) is 15.1. The number of carbonyl (C=O) groups excluding carboxylic acids is 2. The zero-order valence-electron chi connectivity index (χ0n) is 36.0. The van der Waals surface area contributed by atoms with Crippen molar-refractivity contribution in [1.29, 1.82) is 0 Å². The van der Waals surface area contributed by atoms with Crippen LogP contribution in [0.5, 0.6) is 0 Å². The molecule has 0 aliphatic carbocycles. The van der Waals surface area contributed by atoms with Gasteiger partial charge in [0.15, 0.2) is 0 Å². The Balaban J connectivity index is 4.34. The van der Waals surface area contributed by atoms with Crippen molar-refractivity contribution in [2.24, 2.45) is 5.73 Å². The Morgan fingerprint density at radius 1 is 0.554 bits per heavy atom. The molecular weight excluding hydrogens is 697 g/mol. The molecule has 320 valence electrons. The molecule has 0 radical (unpaired) electrons. The predicted octanol–water partition coefficient (Wildman–Crippen LogP) is 13.1. The summed E-state index contributed by atoms with van der Waals surface area (Å²) in [7, 11) is 0. The van der Waals surface area contributed by atoms with Crippen LogP contribution in [0.25, 0.3) is 0 Å². The highest BCUT2D eigenvalue weighted by Crippen LogP contribution is 2.15. The van der Waals surface area contributed by atoms with Crippen LogP contribution in [0.1, 0.15) is 200 Å². The predicted molar refractivity (Wildman–Crippen MR) is 239 cm³/mol. The molecule has 0 bridgehead atoms. The summed E-state index contributed by atoms with van der Waals surface area (Å²) >= 11 is 0. The zero-order chi connectivity index (χ0) is 41.0. The third-order valence-electron chi connectivity index (χ3n) is 9.74. The van der Waals surface area contributed by atoms with Crippen LogP contribution in [0.3, 0.4) is 0 Å². The Kier molecular flexibility index (Phi) is 40.5. The number of hydrogen-bond donors (Lipinski definition) is 3. The minimum Gasteiger partial charge on any atom is -0.480 e. The van der Waals surface area contributed by atoms with Crippen LogP contribution >= 0.6 is 0 Å². The molecule has 0 saturated carbocycles. The van der Waals surface area contributed by atoms with Crippen molar-refractivity contribution in [2.45, 2.75) is 212 Å². The quantitative estimate of drug-likeness (QED) is 0.0324. The Labute approximate surface area is 343 Å². The normalized spacial score (nSPS) is 13.3.